The average molecular weight is 354 g/mol. The Bertz CT molecular complexity index is 875. The summed E-state index contributed by atoms with van der Waals surface area (Å²) in [6.45, 7) is 2.42. The van der Waals surface area contributed by atoms with Crippen molar-refractivity contribution in [3.8, 4) is 11.5 Å². The summed E-state index contributed by atoms with van der Waals surface area (Å²) >= 11 is 0. The lowest BCUT2D eigenvalue weighted by Gasteiger charge is -2.17. The van der Waals surface area contributed by atoms with Gasteiger partial charge in [-0.3, -0.25) is 0 Å². The first-order valence-electron chi connectivity index (χ1n) is 8.18. The van der Waals surface area contributed by atoms with Gasteiger partial charge in [-0.25, -0.2) is 9.18 Å². The Morgan fingerprint density at radius 1 is 1.15 bits per heavy atom. The fraction of sp³-hybridized carbons (Fsp3) is 0.211. The minimum atomic E-state index is -0.324. The monoisotopic (exact) mass is 354 g/mol. The maximum Gasteiger partial charge on any atom is 0.321 e. The van der Waals surface area contributed by atoms with Gasteiger partial charge >= 0.3 is 6.03 Å². The summed E-state index contributed by atoms with van der Waals surface area (Å²) in [5.74, 6) is 0.487. The lowest BCUT2D eigenvalue weighted by molar-refractivity contribution is 0.222. The molecule has 0 spiro atoms. The molecule has 0 saturated heterocycles. The summed E-state index contributed by atoms with van der Waals surface area (Å²) < 4.78 is 18.1. The first kappa shape index (κ1) is 17.6. The molecule has 26 heavy (non-hydrogen) atoms. The van der Waals surface area contributed by atoms with Gasteiger partial charge in [-0.1, -0.05) is 22.9 Å². The van der Waals surface area contributed by atoms with Crippen molar-refractivity contribution in [1.82, 2.24) is 15.0 Å². The zero-order valence-electron chi connectivity index (χ0n) is 14.6. The first-order valence-corrected chi connectivity index (χ1v) is 8.18. The van der Waals surface area contributed by atoms with Crippen LogP contribution in [0.15, 0.2) is 53.1 Å². The van der Waals surface area contributed by atoms with Gasteiger partial charge in [0.25, 0.3) is 5.89 Å². The standard InChI is InChI=1S/C19H19FN4O2/c1-13-3-9-16(10-4-13)21-19(25)24(2)12-11-17-22-18(26-23-17)14-5-7-15(20)8-6-14/h3-10H,11-12H2,1-2H3,(H,21,25). The molecule has 6 nitrogen and oxygen atoms in total. The number of benzene rings is 2. The summed E-state index contributed by atoms with van der Waals surface area (Å²) in [5.41, 5.74) is 2.52. The number of nitrogens with zero attached hydrogens (tertiary/aromatic N) is 3. The lowest BCUT2D eigenvalue weighted by Crippen LogP contribution is -2.33. The number of likely N-dealkylation sites (N-methyl/N-ethyl adjacent to an activating group) is 1. The van der Waals surface area contributed by atoms with E-state index in [9.17, 15) is 9.18 Å². The van der Waals surface area contributed by atoms with E-state index in [2.05, 4.69) is 15.5 Å². The molecule has 0 saturated carbocycles. The number of aryl methyl sites for hydroxylation is 1. The van der Waals surface area contributed by atoms with E-state index in [1.54, 1.807) is 24.1 Å². The van der Waals surface area contributed by atoms with E-state index in [4.69, 9.17) is 4.52 Å². The van der Waals surface area contributed by atoms with E-state index >= 15 is 0 Å². The van der Waals surface area contributed by atoms with E-state index in [-0.39, 0.29) is 11.8 Å². The minimum Gasteiger partial charge on any atom is -0.334 e. The summed E-state index contributed by atoms with van der Waals surface area (Å²) in [4.78, 5) is 18.0. The Hall–Kier alpha value is -3.22. The smallest absolute Gasteiger partial charge is 0.321 e. The second kappa shape index (κ2) is 7.77. The molecule has 0 bridgehead atoms. The zero-order chi connectivity index (χ0) is 18.5. The molecule has 0 unspecified atom stereocenters. The van der Waals surface area contributed by atoms with Gasteiger partial charge in [-0.15, -0.1) is 0 Å². The van der Waals surface area contributed by atoms with Gasteiger partial charge < -0.3 is 14.7 Å². The molecule has 3 rings (SSSR count). The second-order valence-electron chi connectivity index (χ2n) is 5.99. The van der Waals surface area contributed by atoms with Crippen molar-refractivity contribution >= 4 is 11.7 Å². The Morgan fingerprint density at radius 3 is 2.54 bits per heavy atom. The number of carbonyl (C=O) groups excluding carboxylic acids is 1. The Kier molecular flexibility index (Phi) is 5.26. The van der Waals surface area contributed by atoms with Gasteiger partial charge in [-0.05, 0) is 43.3 Å². The van der Waals surface area contributed by atoms with Gasteiger partial charge in [0, 0.05) is 31.3 Å². The van der Waals surface area contributed by atoms with Gasteiger partial charge in [0.1, 0.15) is 5.82 Å². The molecule has 1 N–H and O–H groups in total. The highest BCUT2D eigenvalue weighted by Crippen LogP contribution is 2.17. The molecule has 1 heterocycles. The molecule has 1 aromatic heterocycles. The second-order valence-corrected chi connectivity index (χ2v) is 5.99. The van der Waals surface area contributed by atoms with Crippen LogP contribution in [0.25, 0.3) is 11.5 Å². The first-order chi connectivity index (χ1) is 12.5. The average Bonchev–Trinajstić information content (AvgIpc) is 3.11. The third-order valence-corrected chi connectivity index (χ3v) is 3.88. The van der Waals surface area contributed by atoms with Crippen LogP contribution in [0.2, 0.25) is 0 Å². The largest absolute Gasteiger partial charge is 0.334 e. The molecule has 0 radical (unpaired) electrons. The van der Waals surface area contributed by atoms with Crippen molar-refractivity contribution in [2.75, 3.05) is 18.9 Å². The number of hydrogen-bond donors (Lipinski definition) is 1. The molecule has 3 aromatic rings. The van der Waals surface area contributed by atoms with Gasteiger partial charge in [0.15, 0.2) is 5.82 Å². The van der Waals surface area contributed by atoms with Crippen LogP contribution in [0.5, 0.6) is 0 Å². The van der Waals surface area contributed by atoms with Crippen LogP contribution in [0.3, 0.4) is 0 Å². The fourth-order valence-corrected chi connectivity index (χ4v) is 2.29. The summed E-state index contributed by atoms with van der Waals surface area (Å²) in [7, 11) is 1.70. The van der Waals surface area contributed by atoms with Crippen molar-refractivity contribution in [3.63, 3.8) is 0 Å². The Balaban J connectivity index is 1.54. The summed E-state index contributed by atoms with van der Waals surface area (Å²) in [6, 6.07) is 13.2. The topological polar surface area (TPSA) is 71.3 Å². The summed E-state index contributed by atoms with van der Waals surface area (Å²) in [6.07, 6.45) is 0.447. The Morgan fingerprint density at radius 2 is 1.85 bits per heavy atom. The SMILES string of the molecule is Cc1ccc(NC(=O)N(C)CCc2noc(-c3ccc(F)cc3)n2)cc1. The highest BCUT2D eigenvalue weighted by molar-refractivity contribution is 5.89. The number of carbonyl (C=O) groups is 1. The third-order valence-electron chi connectivity index (χ3n) is 3.88. The normalized spacial score (nSPS) is 10.6. The van der Waals surface area contributed by atoms with Crippen molar-refractivity contribution in [2.45, 2.75) is 13.3 Å². The van der Waals surface area contributed by atoms with Crippen LogP contribution in [0.1, 0.15) is 11.4 Å². The van der Waals surface area contributed by atoms with E-state index in [0.717, 1.165) is 11.3 Å². The van der Waals surface area contributed by atoms with Crippen molar-refractivity contribution in [3.05, 3.63) is 65.7 Å². The van der Waals surface area contributed by atoms with E-state index in [0.29, 0.717) is 30.2 Å². The minimum absolute atomic E-state index is 0.212. The van der Waals surface area contributed by atoms with Crippen molar-refractivity contribution in [1.29, 1.82) is 0 Å². The maximum atomic E-state index is 13.0. The number of urea groups is 1. The molecule has 134 valence electrons. The predicted molar refractivity (Wildman–Crippen MR) is 96.2 cm³/mol. The molecule has 0 aliphatic rings. The van der Waals surface area contributed by atoms with Crippen LogP contribution in [-0.2, 0) is 6.42 Å². The molecular formula is C19H19FN4O2. The molecule has 0 aliphatic carbocycles. The van der Waals surface area contributed by atoms with Gasteiger partial charge in [-0.2, -0.15) is 4.98 Å². The molecule has 0 atom stereocenters. The van der Waals surface area contributed by atoms with Crippen LogP contribution in [0, 0.1) is 12.7 Å². The number of anilines is 1. The molecule has 0 fully saturated rings. The molecule has 2 amide bonds. The number of hydrogen-bond acceptors (Lipinski definition) is 4. The van der Waals surface area contributed by atoms with Crippen LogP contribution >= 0.6 is 0 Å². The number of amides is 2. The van der Waals surface area contributed by atoms with Crippen molar-refractivity contribution in [2.24, 2.45) is 0 Å². The van der Waals surface area contributed by atoms with Crippen LogP contribution in [0.4, 0.5) is 14.9 Å². The van der Waals surface area contributed by atoms with E-state index < -0.39 is 0 Å². The van der Waals surface area contributed by atoms with E-state index in [1.807, 2.05) is 31.2 Å². The fourth-order valence-electron chi connectivity index (χ4n) is 2.29. The molecular weight excluding hydrogens is 335 g/mol. The third kappa shape index (κ3) is 4.44. The van der Waals surface area contributed by atoms with Crippen LogP contribution < -0.4 is 5.32 Å². The molecule has 2 aromatic carbocycles. The van der Waals surface area contributed by atoms with Gasteiger partial charge in [0.2, 0.25) is 0 Å². The highest BCUT2D eigenvalue weighted by Gasteiger charge is 2.13. The molecule has 7 heteroatoms. The predicted octanol–water partition coefficient (Wildman–Crippen LogP) is 3.89. The molecule has 0 aliphatic heterocycles. The zero-order valence-corrected chi connectivity index (χ0v) is 14.6. The van der Waals surface area contributed by atoms with E-state index in [1.165, 1.54) is 12.1 Å². The highest BCUT2D eigenvalue weighted by atomic mass is 19.1. The number of nitrogens with one attached hydrogen (secondary N) is 1. The lowest BCUT2D eigenvalue weighted by atomic mass is 10.2. The number of halogens is 1. The maximum absolute atomic E-state index is 13.0. The quantitative estimate of drug-likeness (QED) is 0.754. The number of aromatic nitrogens is 2. The number of rotatable bonds is 5. The van der Waals surface area contributed by atoms with Crippen LogP contribution in [-0.4, -0.2) is 34.7 Å². The Labute approximate surface area is 150 Å². The van der Waals surface area contributed by atoms with Crippen molar-refractivity contribution < 1.29 is 13.7 Å². The van der Waals surface area contributed by atoms with Gasteiger partial charge in [0.05, 0.1) is 0 Å². The summed E-state index contributed by atoms with van der Waals surface area (Å²) in [5, 5.41) is 6.73.